The molecule has 0 unspecified atom stereocenters. The summed E-state index contributed by atoms with van der Waals surface area (Å²) in [4.78, 5) is 4.68. The maximum absolute atomic E-state index is 5.79. The number of hydrogen-bond donors (Lipinski definition) is 0. The zero-order valence-electron chi connectivity index (χ0n) is 11.2. The number of hydrogen-bond acceptors (Lipinski definition) is 3. The lowest BCUT2D eigenvalue weighted by Gasteiger charge is -2.35. The summed E-state index contributed by atoms with van der Waals surface area (Å²) in [7, 11) is 2.11. The van der Waals surface area contributed by atoms with Crippen molar-refractivity contribution < 1.29 is 4.74 Å². The number of morpholine rings is 1. The fourth-order valence-electron chi connectivity index (χ4n) is 2.04. The van der Waals surface area contributed by atoms with Crippen LogP contribution >= 0.6 is 0 Å². The molecule has 0 aromatic rings. The minimum atomic E-state index is 0.328. The molecule has 0 aromatic heterocycles. The first-order valence-electron chi connectivity index (χ1n) is 6.28. The Morgan fingerprint density at radius 2 is 2.25 bits per heavy atom. The van der Waals surface area contributed by atoms with Gasteiger partial charge in [0.05, 0.1) is 12.7 Å². The van der Waals surface area contributed by atoms with Crippen LogP contribution in [0.5, 0.6) is 0 Å². The fraction of sp³-hybridized carbons (Fsp3) is 0.846. The van der Waals surface area contributed by atoms with Gasteiger partial charge in [-0.2, -0.15) is 0 Å². The van der Waals surface area contributed by atoms with Crippen LogP contribution in [-0.4, -0.2) is 55.7 Å². The summed E-state index contributed by atoms with van der Waals surface area (Å²) in [5.41, 5.74) is 1.19. The molecule has 0 bridgehead atoms. The quantitative estimate of drug-likeness (QED) is 0.711. The molecule has 1 atom stereocenters. The topological polar surface area (TPSA) is 15.7 Å². The largest absolute Gasteiger partial charge is 0.375 e. The summed E-state index contributed by atoms with van der Waals surface area (Å²) < 4.78 is 5.79. The number of likely N-dealkylation sites (N-methyl/N-ethyl adjacent to an activating group) is 2. The molecule has 0 amide bonds. The number of nitrogens with zero attached hydrogens (tertiary/aromatic N) is 2. The molecule has 0 spiro atoms. The van der Waals surface area contributed by atoms with E-state index in [1.165, 1.54) is 5.70 Å². The predicted octanol–water partition coefficient (Wildman–Crippen LogP) is 1.81. The van der Waals surface area contributed by atoms with Crippen molar-refractivity contribution in [3.05, 3.63) is 12.3 Å². The summed E-state index contributed by atoms with van der Waals surface area (Å²) in [6.45, 7) is 15.7. The van der Waals surface area contributed by atoms with E-state index in [0.717, 1.165) is 32.8 Å². The molecule has 1 heterocycles. The molecule has 16 heavy (non-hydrogen) atoms. The standard InChI is InChI=1S/C13H26N2O/c1-6-15-7-8-16-13(10-15)9-14(5)12(4)11(2)3/h11,13H,4,6-10H2,1-3,5H3/t13-/m0/s1. The van der Waals surface area contributed by atoms with Crippen molar-refractivity contribution in [1.29, 1.82) is 0 Å². The smallest absolute Gasteiger partial charge is 0.0876 e. The van der Waals surface area contributed by atoms with Gasteiger partial charge in [0.1, 0.15) is 0 Å². The van der Waals surface area contributed by atoms with E-state index in [0.29, 0.717) is 12.0 Å². The lowest BCUT2D eigenvalue weighted by Crippen LogP contribution is -2.46. The highest BCUT2D eigenvalue weighted by Gasteiger charge is 2.21. The second-order valence-corrected chi connectivity index (χ2v) is 4.91. The van der Waals surface area contributed by atoms with Crippen molar-refractivity contribution in [3.8, 4) is 0 Å². The van der Waals surface area contributed by atoms with Gasteiger partial charge >= 0.3 is 0 Å². The Hall–Kier alpha value is -0.540. The normalized spacial score (nSPS) is 22.4. The van der Waals surface area contributed by atoms with Gasteiger partial charge in [-0.3, -0.25) is 4.90 Å². The Kier molecular flexibility index (Phi) is 5.29. The van der Waals surface area contributed by atoms with E-state index < -0.39 is 0 Å². The van der Waals surface area contributed by atoms with Gasteiger partial charge in [-0.25, -0.2) is 0 Å². The Labute approximate surface area is 100 Å². The van der Waals surface area contributed by atoms with Crippen molar-refractivity contribution in [2.75, 3.05) is 39.8 Å². The van der Waals surface area contributed by atoms with Gasteiger partial charge in [0.25, 0.3) is 0 Å². The molecule has 0 aliphatic carbocycles. The lowest BCUT2D eigenvalue weighted by molar-refractivity contribution is -0.0362. The van der Waals surface area contributed by atoms with Crippen molar-refractivity contribution in [3.63, 3.8) is 0 Å². The number of rotatable bonds is 5. The molecular formula is C13H26N2O. The molecule has 0 radical (unpaired) electrons. The molecule has 0 saturated carbocycles. The van der Waals surface area contributed by atoms with Gasteiger partial charge in [-0.15, -0.1) is 0 Å². The van der Waals surface area contributed by atoms with Gasteiger partial charge in [0.15, 0.2) is 0 Å². The van der Waals surface area contributed by atoms with Crippen molar-refractivity contribution in [1.82, 2.24) is 9.80 Å². The minimum absolute atomic E-state index is 0.328. The van der Waals surface area contributed by atoms with Crippen LogP contribution < -0.4 is 0 Å². The molecule has 94 valence electrons. The van der Waals surface area contributed by atoms with Gasteiger partial charge < -0.3 is 9.64 Å². The van der Waals surface area contributed by atoms with Crippen LogP contribution in [0.2, 0.25) is 0 Å². The SMILES string of the molecule is C=C(C(C)C)N(C)C[C@H]1CN(CC)CCO1. The predicted molar refractivity (Wildman–Crippen MR) is 68.5 cm³/mol. The van der Waals surface area contributed by atoms with Crippen molar-refractivity contribution in [2.45, 2.75) is 26.9 Å². The average molecular weight is 226 g/mol. The Morgan fingerprint density at radius 3 is 2.81 bits per heavy atom. The van der Waals surface area contributed by atoms with E-state index in [9.17, 15) is 0 Å². The Morgan fingerprint density at radius 1 is 1.56 bits per heavy atom. The van der Waals surface area contributed by atoms with Gasteiger partial charge in [0, 0.05) is 32.4 Å². The van der Waals surface area contributed by atoms with Gasteiger partial charge in [0.2, 0.25) is 0 Å². The zero-order chi connectivity index (χ0) is 12.1. The molecule has 1 aliphatic rings. The van der Waals surface area contributed by atoms with E-state index in [-0.39, 0.29) is 0 Å². The second-order valence-electron chi connectivity index (χ2n) is 4.91. The first kappa shape index (κ1) is 13.5. The van der Waals surface area contributed by atoms with Crippen LogP contribution in [0.4, 0.5) is 0 Å². The fourth-order valence-corrected chi connectivity index (χ4v) is 2.04. The van der Waals surface area contributed by atoms with E-state index in [1.54, 1.807) is 0 Å². The van der Waals surface area contributed by atoms with Crippen LogP contribution in [0, 0.1) is 5.92 Å². The van der Waals surface area contributed by atoms with Gasteiger partial charge in [-0.1, -0.05) is 27.4 Å². The summed E-state index contributed by atoms with van der Waals surface area (Å²) in [5.74, 6) is 0.510. The average Bonchev–Trinajstić information content (AvgIpc) is 2.28. The van der Waals surface area contributed by atoms with E-state index in [4.69, 9.17) is 4.74 Å². The van der Waals surface area contributed by atoms with Gasteiger partial charge in [-0.05, 0) is 12.5 Å². The molecule has 3 nitrogen and oxygen atoms in total. The molecule has 1 fully saturated rings. The summed E-state index contributed by atoms with van der Waals surface area (Å²) in [5, 5.41) is 0. The van der Waals surface area contributed by atoms with Crippen LogP contribution in [0.1, 0.15) is 20.8 Å². The maximum atomic E-state index is 5.79. The Balaban J connectivity index is 2.38. The van der Waals surface area contributed by atoms with E-state index in [1.807, 2.05) is 0 Å². The van der Waals surface area contributed by atoms with Crippen LogP contribution in [-0.2, 0) is 4.74 Å². The van der Waals surface area contributed by atoms with Crippen LogP contribution in [0.3, 0.4) is 0 Å². The Bertz CT molecular complexity index is 228. The van der Waals surface area contributed by atoms with Crippen LogP contribution in [0.25, 0.3) is 0 Å². The molecule has 1 rings (SSSR count). The monoisotopic (exact) mass is 226 g/mol. The molecule has 0 aromatic carbocycles. The summed E-state index contributed by atoms with van der Waals surface area (Å²) in [6, 6.07) is 0. The zero-order valence-corrected chi connectivity index (χ0v) is 11.2. The summed E-state index contributed by atoms with van der Waals surface area (Å²) in [6.07, 6.45) is 0.328. The molecule has 1 aliphatic heterocycles. The van der Waals surface area contributed by atoms with Crippen molar-refractivity contribution >= 4 is 0 Å². The molecular weight excluding hydrogens is 200 g/mol. The highest BCUT2D eigenvalue weighted by Crippen LogP contribution is 2.13. The first-order valence-corrected chi connectivity index (χ1v) is 6.28. The van der Waals surface area contributed by atoms with Crippen molar-refractivity contribution in [2.24, 2.45) is 5.92 Å². The van der Waals surface area contributed by atoms with E-state index in [2.05, 4.69) is 44.2 Å². The molecule has 0 N–H and O–H groups in total. The summed E-state index contributed by atoms with van der Waals surface area (Å²) >= 11 is 0. The first-order chi connectivity index (χ1) is 7.54. The molecule has 3 heteroatoms. The van der Waals surface area contributed by atoms with E-state index >= 15 is 0 Å². The second kappa shape index (κ2) is 6.26. The van der Waals surface area contributed by atoms with Crippen LogP contribution in [0.15, 0.2) is 12.3 Å². The third-order valence-corrected chi connectivity index (χ3v) is 3.30. The lowest BCUT2D eigenvalue weighted by atomic mass is 10.1. The number of ether oxygens (including phenoxy) is 1. The minimum Gasteiger partial charge on any atom is -0.375 e. The number of allylic oxidation sites excluding steroid dienone is 1. The third-order valence-electron chi connectivity index (χ3n) is 3.30. The molecule has 1 saturated heterocycles. The highest BCUT2D eigenvalue weighted by molar-refractivity contribution is 4.96. The highest BCUT2D eigenvalue weighted by atomic mass is 16.5. The maximum Gasteiger partial charge on any atom is 0.0876 e. The third kappa shape index (κ3) is 3.80.